The van der Waals surface area contributed by atoms with Crippen molar-refractivity contribution in [1.82, 2.24) is 0 Å². The van der Waals surface area contributed by atoms with E-state index in [-0.39, 0.29) is 38.6 Å². The molecule has 0 aromatic heterocycles. The minimum atomic E-state index is -1.65. The number of carbonyl (C=O) groups is 3. The third-order valence-corrected chi connectivity index (χ3v) is 14.9. The summed E-state index contributed by atoms with van der Waals surface area (Å²) in [6.45, 7) is 4.46. The van der Waals surface area contributed by atoms with Gasteiger partial charge in [0.2, 0.25) is 0 Å². The molecule has 0 saturated heterocycles. The van der Waals surface area contributed by atoms with Gasteiger partial charge < -0.3 is 33.3 Å². The molecule has 0 spiro atoms. The topological polar surface area (TPSA) is 111 Å². The summed E-state index contributed by atoms with van der Waals surface area (Å²) in [6, 6.07) is 0. The lowest BCUT2D eigenvalue weighted by molar-refractivity contribution is -0.870. The van der Waals surface area contributed by atoms with Gasteiger partial charge in [-0.05, 0) is 161 Å². The second-order valence-corrected chi connectivity index (χ2v) is 25.1. The van der Waals surface area contributed by atoms with Gasteiger partial charge in [-0.15, -0.1) is 0 Å². The molecule has 0 rings (SSSR count). The zero-order chi connectivity index (χ0) is 70.4. The molecule has 540 valence electrons. The molecule has 0 N–H and O–H groups in total. The fourth-order valence-electron chi connectivity index (χ4n) is 9.26. The van der Waals surface area contributed by atoms with Crippen LogP contribution in [-0.4, -0.2) is 82.3 Å². The fraction of sp³-hybridized carbons (Fsp3) is 0.534. The Morgan fingerprint density at radius 2 is 0.557 bits per heavy atom. The van der Waals surface area contributed by atoms with Gasteiger partial charge in [-0.3, -0.25) is 9.59 Å². The molecule has 9 heteroatoms. The summed E-state index contributed by atoms with van der Waals surface area (Å²) < 4.78 is 22.8. The van der Waals surface area contributed by atoms with Crippen LogP contribution >= 0.6 is 0 Å². The van der Waals surface area contributed by atoms with Crippen LogP contribution in [0.2, 0.25) is 0 Å². The number of carboxylic acid groups (broad SMARTS) is 1. The van der Waals surface area contributed by atoms with Crippen LogP contribution in [0.5, 0.6) is 0 Å². The predicted molar refractivity (Wildman–Crippen MR) is 416 cm³/mol. The molecule has 2 atom stereocenters. The lowest BCUT2D eigenvalue weighted by Gasteiger charge is -2.26. The Morgan fingerprint density at radius 1 is 0.309 bits per heavy atom. The van der Waals surface area contributed by atoms with Crippen LogP contribution in [0.4, 0.5) is 0 Å². The maximum Gasteiger partial charge on any atom is 0.306 e. The Bertz CT molecular complexity index is 2450. The van der Waals surface area contributed by atoms with E-state index in [1.54, 1.807) is 0 Å². The van der Waals surface area contributed by atoms with Crippen LogP contribution in [0.15, 0.2) is 231 Å². The first kappa shape index (κ1) is 90.4. The van der Waals surface area contributed by atoms with Crippen molar-refractivity contribution in [3.8, 4) is 0 Å². The standard InChI is InChI=1S/C88H135NO8/c1-6-8-10-12-14-16-18-20-22-24-26-28-30-32-34-36-38-40-42-43-45-47-49-51-53-55-57-59-61-63-65-67-69-71-73-75-77-79-86(91)97-84(83-96-88(87(92)93)94-81-80-89(3,4)5)82-95-85(90)78-76-74-72-70-68-66-64-62-60-58-56-54-52-50-48-46-44-41-39-37-35-33-31-29-27-25-23-21-19-17-15-13-11-9-7-2/h8-11,14-17,20-23,26-29,32-35,38-41,43,45-46,48-49,51-52,54-55,57-58,60-61,63,84,88H,6-7,12-13,18-19,24-25,30-31,36-37,42,44,47,50,53,56,59,62,64-83H2,1-5H3/b10-8-,11-9-,16-14-,17-15-,22-20-,23-21-,28-26-,29-27-,34-32-,35-33-,40-38-,41-39-,45-43-,48-46-,51-49-,54-52-,57-55-,60-58-,63-61-. The number of rotatable bonds is 66. The molecule has 0 aliphatic heterocycles. The molecular formula is C88H135NO8. The minimum absolute atomic E-state index is 0.129. The van der Waals surface area contributed by atoms with Crippen molar-refractivity contribution < 1.29 is 42.9 Å². The van der Waals surface area contributed by atoms with Crippen molar-refractivity contribution in [3.63, 3.8) is 0 Å². The normalized spacial score (nSPS) is 14.0. The SMILES string of the molecule is CC/C=C\C/C=C\C/C=C\C/C=C\C/C=C\C/C=C\C/C=C\C/C=C\C/C=C\C/C=C\CCCCCCCCC(=O)OC(COC(=O)CCCCCCCCC/C=C\C/C=C\C/C=C\C/C=C\C/C=C\C/C=C\C/C=C\C/C=C\C/C=C\CC)COC(OCC[N+](C)(C)C)C(=O)[O-]. The van der Waals surface area contributed by atoms with Gasteiger partial charge >= 0.3 is 11.9 Å². The van der Waals surface area contributed by atoms with Crippen molar-refractivity contribution in [1.29, 1.82) is 0 Å². The fourth-order valence-corrected chi connectivity index (χ4v) is 9.26. The molecule has 2 unspecified atom stereocenters. The Hall–Kier alpha value is -6.65. The number of hydrogen-bond donors (Lipinski definition) is 0. The van der Waals surface area contributed by atoms with E-state index in [2.05, 4.69) is 245 Å². The van der Waals surface area contributed by atoms with E-state index >= 15 is 0 Å². The Kier molecular flexibility index (Phi) is 70.0. The number of unbranched alkanes of at least 4 members (excludes halogenated alkanes) is 13. The Morgan fingerprint density at radius 3 is 0.825 bits per heavy atom. The molecule has 0 radical (unpaired) electrons. The molecule has 0 fully saturated rings. The van der Waals surface area contributed by atoms with E-state index in [0.717, 1.165) is 186 Å². The molecule has 0 aliphatic rings. The summed E-state index contributed by atoms with van der Waals surface area (Å²) in [7, 11) is 5.90. The quantitative estimate of drug-likeness (QED) is 0.0195. The third-order valence-electron chi connectivity index (χ3n) is 14.9. The molecular weight excluding hydrogens is 1200 g/mol. The summed E-state index contributed by atoms with van der Waals surface area (Å²) in [6.07, 6.45) is 117. The first-order valence-electron chi connectivity index (χ1n) is 37.5. The average molecular weight is 1340 g/mol. The molecule has 0 aromatic carbocycles. The van der Waals surface area contributed by atoms with Gasteiger partial charge in [0.05, 0.1) is 40.3 Å². The Labute approximate surface area is 593 Å². The second kappa shape index (κ2) is 75.1. The van der Waals surface area contributed by atoms with E-state index in [0.29, 0.717) is 23.9 Å². The first-order chi connectivity index (χ1) is 47.6. The van der Waals surface area contributed by atoms with E-state index in [4.69, 9.17) is 18.9 Å². The number of ether oxygens (including phenoxy) is 4. The van der Waals surface area contributed by atoms with Crippen molar-refractivity contribution >= 4 is 17.9 Å². The van der Waals surface area contributed by atoms with Crippen LogP contribution in [0, 0.1) is 0 Å². The number of aliphatic carboxylic acids is 1. The molecule has 0 aromatic rings. The van der Waals surface area contributed by atoms with Crippen molar-refractivity contribution in [3.05, 3.63) is 231 Å². The lowest BCUT2D eigenvalue weighted by Crippen LogP contribution is -2.44. The summed E-state index contributed by atoms with van der Waals surface area (Å²) >= 11 is 0. The smallest absolute Gasteiger partial charge is 0.306 e. The predicted octanol–water partition coefficient (Wildman–Crippen LogP) is 22.9. The number of carboxylic acids is 1. The highest BCUT2D eigenvalue weighted by molar-refractivity contribution is 5.70. The van der Waals surface area contributed by atoms with Gasteiger partial charge in [0.15, 0.2) is 12.4 Å². The van der Waals surface area contributed by atoms with Gasteiger partial charge in [0, 0.05) is 12.8 Å². The summed E-state index contributed by atoms with van der Waals surface area (Å²) in [5.41, 5.74) is 0. The second-order valence-electron chi connectivity index (χ2n) is 25.1. The summed E-state index contributed by atoms with van der Waals surface area (Å²) in [5, 5.41) is 11.9. The van der Waals surface area contributed by atoms with Crippen molar-refractivity contribution in [2.75, 3.05) is 47.5 Å². The van der Waals surface area contributed by atoms with Gasteiger partial charge in [-0.1, -0.05) is 303 Å². The molecule has 0 aliphatic carbocycles. The zero-order valence-electron chi connectivity index (χ0n) is 61.6. The molecule has 9 nitrogen and oxygen atoms in total. The lowest BCUT2D eigenvalue weighted by atomic mass is 10.1. The van der Waals surface area contributed by atoms with Gasteiger partial charge in [0.25, 0.3) is 0 Å². The monoisotopic (exact) mass is 1330 g/mol. The largest absolute Gasteiger partial charge is 0.545 e. The molecule has 97 heavy (non-hydrogen) atoms. The number of nitrogens with zero attached hydrogens (tertiary/aromatic N) is 1. The van der Waals surface area contributed by atoms with Crippen LogP contribution in [-0.2, 0) is 33.3 Å². The van der Waals surface area contributed by atoms with Crippen LogP contribution < -0.4 is 5.11 Å². The van der Waals surface area contributed by atoms with Gasteiger partial charge in [0.1, 0.15) is 13.2 Å². The van der Waals surface area contributed by atoms with Crippen LogP contribution in [0.1, 0.15) is 245 Å². The van der Waals surface area contributed by atoms with Crippen LogP contribution in [0.25, 0.3) is 0 Å². The number of hydrogen-bond acceptors (Lipinski definition) is 8. The number of allylic oxidation sites excluding steroid dienone is 38. The Balaban J connectivity index is 4.26. The highest BCUT2D eigenvalue weighted by Crippen LogP contribution is 2.14. The highest BCUT2D eigenvalue weighted by Gasteiger charge is 2.22. The number of likely N-dealkylation sites (N-methyl/N-ethyl adjacent to an activating group) is 1. The number of esters is 2. The maximum atomic E-state index is 13.0. The zero-order valence-corrected chi connectivity index (χ0v) is 61.6. The highest BCUT2D eigenvalue weighted by atomic mass is 16.7. The minimum Gasteiger partial charge on any atom is -0.545 e. The van der Waals surface area contributed by atoms with E-state index in [1.165, 1.54) is 19.3 Å². The molecule has 0 bridgehead atoms. The van der Waals surface area contributed by atoms with E-state index < -0.39 is 24.3 Å². The average Bonchev–Trinajstić information content (AvgIpc) is 3.11. The first-order valence-corrected chi connectivity index (χ1v) is 37.5. The van der Waals surface area contributed by atoms with E-state index in [9.17, 15) is 19.5 Å². The molecule has 0 heterocycles. The van der Waals surface area contributed by atoms with E-state index in [1.807, 2.05) is 21.1 Å². The maximum absolute atomic E-state index is 13.0. The number of carbonyl (C=O) groups excluding carboxylic acids is 3. The summed E-state index contributed by atoms with van der Waals surface area (Å²) in [4.78, 5) is 37.6. The molecule has 0 saturated carbocycles. The van der Waals surface area contributed by atoms with Gasteiger partial charge in [-0.2, -0.15) is 0 Å². The van der Waals surface area contributed by atoms with Gasteiger partial charge in [-0.25, -0.2) is 0 Å². The van der Waals surface area contributed by atoms with Crippen molar-refractivity contribution in [2.24, 2.45) is 0 Å². The third kappa shape index (κ3) is 76.6. The van der Waals surface area contributed by atoms with Crippen LogP contribution in [0.3, 0.4) is 0 Å². The number of quaternary nitrogens is 1. The summed E-state index contributed by atoms with van der Waals surface area (Å²) in [5.74, 6) is -2.35. The van der Waals surface area contributed by atoms with Crippen molar-refractivity contribution in [2.45, 2.75) is 257 Å². The molecule has 0 amide bonds.